The Bertz CT molecular complexity index is 183. The number of hydrogen-bond donors (Lipinski definition) is 3. The molecule has 0 atom stereocenters. The van der Waals surface area contributed by atoms with Crippen molar-refractivity contribution in [3.63, 3.8) is 0 Å². The van der Waals surface area contributed by atoms with Gasteiger partial charge in [-0.15, -0.1) is 0 Å². The molecule has 0 aromatic carbocycles. The zero-order valence-electron chi connectivity index (χ0n) is 7.44. The molecule has 0 bridgehead atoms. The monoisotopic (exact) mass is 189 g/mol. The highest BCUT2D eigenvalue weighted by molar-refractivity contribution is 5.76. The number of amides is 1. The van der Waals surface area contributed by atoms with Crippen molar-refractivity contribution in [1.82, 2.24) is 4.90 Å². The first-order valence-electron chi connectivity index (χ1n) is 4.38. The van der Waals surface area contributed by atoms with E-state index in [9.17, 15) is 15.0 Å². The molecule has 5 nitrogen and oxygen atoms in total. The number of carbonyl (C=O) groups is 1. The van der Waals surface area contributed by atoms with E-state index in [0.717, 1.165) is 0 Å². The molecule has 0 aromatic rings. The van der Waals surface area contributed by atoms with Crippen LogP contribution in [0.1, 0.15) is 19.3 Å². The van der Waals surface area contributed by atoms with E-state index in [1.807, 2.05) is 0 Å². The molecule has 0 spiro atoms. The normalized spacial score (nSPS) is 21.6. The van der Waals surface area contributed by atoms with Crippen LogP contribution in [-0.4, -0.2) is 51.6 Å². The van der Waals surface area contributed by atoms with Crippen molar-refractivity contribution in [1.29, 1.82) is 0 Å². The van der Waals surface area contributed by atoms with Crippen molar-refractivity contribution >= 4 is 5.91 Å². The summed E-state index contributed by atoms with van der Waals surface area (Å²) >= 11 is 0. The number of aliphatic hydroxyl groups excluding tert-OH is 1. The minimum absolute atomic E-state index is 0.115. The maximum absolute atomic E-state index is 11.2. The summed E-state index contributed by atoms with van der Waals surface area (Å²) in [4.78, 5) is 12.8. The van der Waals surface area contributed by atoms with Crippen LogP contribution in [0.25, 0.3) is 0 Å². The molecule has 13 heavy (non-hydrogen) atoms. The van der Waals surface area contributed by atoms with Crippen molar-refractivity contribution in [2.24, 2.45) is 0 Å². The third-order valence-corrected chi connectivity index (χ3v) is 2.24. The first-order chi connectivity index (χ1) is 6.05. The molecule has 5 heteroatoms. The van der Waals surface area contributed by atoms with Crippen molar-refractivity contribution in [2.45, 2.75) is 25.0 Å². The second-order valence-electron chi connectivity index (χ2n) is 3.34. The van der Waals surface area contributed by atoms with Gasteiger partial charge < -0.3 is 20.2 Å². The molecule has 1 saturated heterocycles. The van der Waals surface area contributed by atoms with Crippen LogP contribution in [0.15, 0.2) is 0 Å². The summed E-state index contributed by atoms with van der Waals surface area (Å²) in [5.74, 6) is -1.74. The third-order valence-electron chi connectivity index (χ3n) is 2.24. The maximum atomic E-state index is 11.2. The minimum Gasteiger partial charge on any atom is -0.396 e. The molecule has 0 saturated carbocycles. The lowest BCUT2D eigenvalue weighted by Gasteiger charge is -2.34. The fourth-order valence-electron chi connectivity index (χ4n) is 1.37. The van der Waals surface area contributed by atoms with Crippen molar-refractivity contribution in [3.8, 4) is 0 Å². The van der Waals surface area contributed by atoms with Gasteiger partial charge >= 0.3 is 0 Å². The van der Waals surface area contributed by atoms with Gasteiger partial charge in [0.05, 0.1) is 6.61 Å². The van der Waals surface area contributed by atoms with Crippen molar-refractivity contribution in [2.75, 3.05) is 19.7 Å². The Balaban J connectivity index is 2.36. The van der Waals surface area contributed by atoms with Crippen LogP contribution in [-0.2, 0) is 4.79 Å². The average molecular weight is 189 g/mol. The molecule has 76 valence electrons. The molecular weight excluding hydrogens is 174 g/mol. The molecular formula is C8H15NO4. The van der Waals surface area contributed by atoms with Gasteiger partial charge in [-0.1, -0.05) is 0 Å². The van der Waals surface area contributed by atoms with E-state index in [-0.39, 0.29) is 31.8 Å². The highest BCUT2D eigenvalue weighted by Gasteiger charge is 2.30. The first-order valence-corrected chi connectivity index (χ1v) is 4.38. The van der Waals surface area contributed by atoms with Crippen LogP contribution in [0.2, 0.25) is 0 Å². The minimum atomic E-state index is -1.62. The highest BCUT2D eigenvalue weighted by atomic mass is 16.5. The van der Waals surface area contributed by atoms with Crippen LogP contribution in [0.3, 0.4) is 0 Å². The van der Waals surface area contributed by atoms with Gasteiger partial charge in [0.1, 0.15) is 0 Å². The summed E-state index contributed by atoms with van der Waals surface area (Å²) < 4.78 is 0. The molecule has 3 N–H and O–H groups in total. The number of aliphatic hydroxyl groups is 3. The van der Waals surface area contributed by atoms with Crippen LogP contribution >= 0.6 is 0 Å². The van der Waals surface area contributed by atoms with E-state index in [0.29, 0.717) is 13.1 Å². The molecule has 1 heterocycles. The Morgan fingerprint density at radius 2 is 1.85 bits per heavy atom. The van der Waals surface area contributed by atoms with Crippen LogP contribution in [0, 0.1) is 0 Å². The van der Waals surface area contributed by atoms with E-state index >= 15 is 0 Å². The van der Waals surface area contributed by atoms with E-state index in [2.05, 4.69) is 0 Å². The number of likely N-dealkylation sites (tertiary alicyclic amines) is 1. The number of carbonyl (C=O) groups excluding carboxylic acids is 1. The molecule has 1 aliphatic rings. The zero-order chi connectivity index (χ0) is 9.90. The van der Waals surface area contributed by atoms with Gasteiger partial charge in [0, 0.05) is 32.4 Å². The zero-order valence-corrected chi connectivity index (χ0v) is 7.44. The molecule has 0 unspecified atom stereocenters. The highest BCUT2D eigenvalue weighted by Crippen LogP contribution is 2.18. The van der Waals surface area contributed by atoms with Gasteiger partial charge in [-0.25, -0.2) is 0 Å². The molecule has 0 aromatic heterocycles. The Morgan fingerprint density at radius 3 is 2.31 bits per heavy atom. The number of piperidine rings is 1. The predicted molar refractivity (Wildman–Crippen MR) is 44.7 cm³/mol. The Morgan fingerprint density at radius 1 is 1.31 bits per heavy atom. The van der Waals surface area contributed by atoms with E-state index in [1.54, 1.807) is 4.90 Å². The van der Waals surface area contributed by atoms with Gasteiger partial charge in [0.2, 0.25) is 5.91 Å². The van der Waals surface area contributed by atoms with Crippen LogP contribution in [0.4, 0.5) is 0 Å². The summed E-state index contributed by atoms with van der Waals surface area (Å²) in [6, 6.07) is 0. The fourth-order valence-corrected chi connectivity index (χ4v) is 1.37. The van der Waals surface area contributed by atoms with Gasteiger partial charge in [-0.2, -0.15) is 0 Å². The van der Waals surface area contributed by atoms with Gasteiger partial charge in [-0.05, 0) is 0 Å². The smallest absolute Gasteiger partial charge is 0.224 e. The third kappa shape index (κ3) is 2.95. The van der Waals surface area contributed by atoms with Gasteiger partial charge in [0.15, 0.2) is 5.79 Å². The van der Waals surface area contributed by atoms with Crippen molar-refractivity contribution in [3.05, 3.63) is 0 Å². The Labute approximate surface area is 76.6 Å². The second kappa shape index (κ2) is 4.04. The molecule has 1 amide bonds. The van der Waals surface area contributed by atoms with Crippen LogP contribution in [0.5, 0.6) is 0 Å². The summed E-state index contributed by atoms with van der Waals surface area (Å²) in [7, 11) is 0. The second-order valence-corrected chi connectivity index (χ2v) is 3.34. The standard InChI is InChI=1S/C8H15NO4/c10-6-1-7(11)9-4-2-8(12,13)3-5-9/h10,12-13H,1-6H2. The number of hydrogen-bond acceptors (Lipinski definition) is 4. The van der Waals surface area contributed by atoms with Gasteiger partial charge in [0.25, 0.3) is 0 Å². The van der Waals surface area contributed by atoms with Crippen LogP contribution < -0.4 is 0 Å². The summed E-state index contributed by atoms with van der Waals surface area (Å²) in [6.45, 7) is 0.552. The SMILES string of the molecule is O=C(CCO)N1CCC(O)(O)CC1. The first kappa shape index (κ1) is 10.4. The summed E-state index contributed by atoms with van der Waals surface area (Å²) in [5, 5.41) is 26.9. The molecule has 1 aliphatic heterocycles. The Kier molecular flexibility index (Phi) is 3.24. The fraction of sp³-hybridized carbons (Fsp3) is 0.875. The Hall–Kier alpha value is -0.650. The summed E-state index contributed by atoms with van der Waals surface area (Å²) in [6.07, 6.45) is 0.484. The largest absolute Gasteiger partial charge is 0.396 e. The summed E-state index contributed by atoms with van der Waals surface area (Å²) in [5.41, 5.74) is 0. The average Bonchev–Trinajstić information content (AvgIpc) is 2.04. The topological polar surface area (TPSA) is 81.0 Å². The quantitative estimate of drug-likeness (QED) is 0.470. The maximum Gasteiger partial charge on any atom is 0.224 e. The number of rotatable bonds is 2. The number of nitrogens with zero attached hydrogens (tertiary/aromatic N) is 1. The van der Waals surface area contributed by atoms with Crippen molar-refractivity contribution < 1.29 is 20.1 Å². The van der Waals surface area contributed by atoms with E-state index in [4.69, 9.17) is 5.11 Å². The van der Waals surface area contributed by atoms with E-state index in [1.165, 1.54) is 0 Å². The van der Waals surface area contributed by atoms with Gasteiger partial charge in [-0.3, -0.25) is 4.79 Å². The molecule has 0 radical (unpaired) electrons. The lowest BCUT2D eigenvalue weighted by atomic mass is 10.0. The van der Waals surface area contributed by atoms with E-state index < -0.39 is 5.79 Å². The molecule has 1 fully saturated rings. The predicted octanol–water partition coefficient (Wildman–Crippen LogP) is -1.33. The molecule has 0 aliphatic carbocycles. The lowest BCUT2D eigenvalue weighted by molar-refractivity contribution is -0.190. The lowest BCUT2D eigenvalue weighted by Crippen LogP contribution is -2.46. The molecule has 1 rings (SSSR count).